The Morgan fingerprint density at radius 1 is 1.10 bits per heavy atom. The molecule has 2 aromatic carbocycles. The van der Waals surface area contributed by atoms with Crippen LogP contribution in [0.3, 0.4) is 0 Å². The quantitative estimate of drug-likeness (QED) is 0.163. The first-order valence-electron chi connectivity index (χ1n) is 15.7. The van der Waals surface area contributed by atoms with Crippen LogP contribution in [0.25, 0.3) is 0 Å². The molecule has 3 atom stereocenters. The van der Waals surface area contributed by atoms with Crippen molar-refractivity contribution < 1.29 is 46.4 Å². The summed E-state index contributed by atoms with van der Waals surface area (Å²) >= 11 is 7.77. The first kappa shape index (κ1) is 36.7. The summed E-state index contributed by atoms with van der Waals surface area (Å²) in [4.78, 5) is 51.7. The van der Waals surface area contributed by atoms with Crippen molar-refractivity contribution in [2.45, 2.75) is 59.0 Å². The third kappa shape index (κ3) is 7.60. The summed E-state index contributed by atoms with van der Waals surface area (Å²) in [5, 5.41) is 0.928. The van der Waals surface area contributed by atoms with E-state index in [1.54, 1.807) is 30.3 Å². The van der Waals surface area contributed by atoms with Gasteiger partial charge in [-0.05, 0) is 66.0 Å². The van der Waals surface area contributed by atoms with E-state index < -0.39 is 39.3 Å². The zero-order valence-electron chi connectivity index (χ0n) is 27.6. The van der Waals surface area contributed by atoms with E-state index in [9.17, 15) is 27.6 Å². The second kappa shape index (κ2) is 14.3. The Hall–Kier alpha value is -3.62. The Morgan fingerprint density at radius 2 is 1.80 bits per heavy atom. The molecule has 6 rings (SSSR count). The number of esters is 3. The minimum absolute atomic E-state index is 0.0152. The highest BCUT2D eigenvalue weighted by Crippen LogP contribution is 2.64. The van der Waals surface area contributed by atoms with Gasteiger partial charge in [0.1, 0.15) is 23.1 Å². The minimum Gasteiger partial charge on any atom is -0.468 e. The molecule has 2 bridgehead atoms. The van der Waals surface area contributed by atoms with Crippen LogP contribution in [-0.2, 0) is 42.2 Å². The lowest BCUT2D eigenvalue weighted by Crippen LogP contribution is -2.42. The molecule has 14 heteroatoms. The van der Waals surface area contributed by atoms with Crippen LogP contribution in [0, 0.1) is 16.7 Å². The lowest BCUT2D eigenvalue weighted by Gasteiger charge is -2.35. The topological polar surface area (TPSA) is 154 Å². The van der Waals surface area contributed by atoms with E-state index in [0.717, 1.165) is 16.9 Å². The lowest BCUT2D eigenvalue weighted by molar-refractivity contribution is -0.147. The molecular weight excluding hydrogens is 694 g/mol. The van der Waals surface area contributed by atoms with E-state index in [1.165, 1.54) is 31.4 Å². The van der Waals surface area contributed by atoms with E-state index in [0.29, 0.717) is 48.0 Å². The number of hydrogen-bond acceptors (Lipinski definition) is 11. The fourth-order valence-electron chi connectivity index (χ4n) is 7.32. The summed E-state index contributed by atoms with van der Waals surface area (Å²) in [5.74, 6) is -1.48. The molecule has 2 heterocycles. The Balaban J connectivity index is 0.000000259. The molecule has 11 nitrogen and oxygen atoms in total. The van der Waals surface area contributed by atoms with Gasteiger partial charge in [0, 0.05) is 36.3 Å². The van der Waals surface area contributed by atoms with Crippen molar-refractivity contribution >= 4 is 56.7 Å². The summed E-state index contributed by atoms with van der Waals surface area (Å²) in [6, 6.07) is 14.8. The highest BCUT2D eigenvalue weighted by atomic mass is 35.5. The molecule has 0 amide bonds. The molecule has 1 aromatic heterocycles. The van der Waals surface area contributed by atoms with Crippen LogP contribution in [0.2, 0.25) is 5.02 Å². The average Bonchev–Trinajstić information content (AvgIpc) is 3.59. The first-order valence-corrected chi connectivity index (χ1v) is 18.5. The standard InChI is InChI=1S/C25H22ClNO6S.C10H16O4S/c1-15(28)32-20-10-6-4-8-18(20)24(29)33-22-13-16-14-27(12-11-21(16)34-22)23(25(30)31-2)17-7-3-5-9-19(17)26;1-9(2)7-3-4-10(9,8(11)5-7)6-15(12,13)14/h3-10,13,23H,11-12,14H2,1-2H3;7H,3-6H2,1-2H3,(H,12,13,14)/t;7-,10-/m.0/s1. The molecule has 0 radical (unpaired) electrons. The minimum atomic E-state index is -4.08. The first-order chi connectivity index (χ1) is 23.1. The van der Waals surface area contributed by atoms with Crippen molar-refractivity contribution in [3.63, 3.8) is 0 Å². The molecule has 2 aliphatic carbocycles. The molecule has 1 unspecified atom stereocenters. The van der Waals surface area contributed by atoms with Crippen molar-refractivity contribution in [3.05, 3.63) is 81.2 Å². The van der Waals surface area contributed by atoms with Crippen molar-refractivity contribution in [1.29, 1.82) is 0 Å². The highest BCUT2D eigenvalue weighted by molar-refractivity contribution is 7.85. The van der Waals surface area contributed by atoms with Gasteiger partial charge in [0.25, 0.3) is 10.1 Å². The number of nitrogens with zero attached hydrogens (tertiary/aromatic N) is 1. The summed E-state index contributed by atoms with van der Waals surface area (Å²) in [6.07, 6.45) is 2.65. The fourth-order valence-corrected chi connectivity index (χ4v) is 9.87. The number of ketones is 1. The molecule has 49 heavy (non-hydrogen) atoms. The lowest BCUT2D eigenvalue weighted by atomic mass is 9.70. The maximum atomic E-state index is 12.8. The van der Waals surface area contributed by atoms with Crippen molar-refractivity contribution in [3.8, 4) is 10.8 Å². The molecule has 3 aromatic rings. The number of thiophene rings is 1. The fraction of sp³-hybridized carbons (Fsp3) is 0.429. The van der Waals surface area contributed by atoms with Crippen LogP contribution in [-0.4, -0.2) is 61.0 Å². The average molecular weight is 732 g/mol. The van der Waals surface area contributed by atoms with Crippen molar-refractivity contribution in [2.24, 2.45) is 16.7 Å². The zero-order valence-corrected chi connectivity index (χ0v) is 30.0. The summed E-state index contributed by atoms with van der Waals surface area (Å²) in [7, 11) is -2.72. The third-order valence-electron chi connectivity index (χ3n) is 9.98. The van der Waals surface area contributed by atoms with Gasteiger partial charge in [-0.2, -0.15) is 8.42 Å². The second-order valence-corrected chi connectivity index (χ2v) is 16.0. The predicted octanol–water partition coefficient (Wildman–Crippen LogP) is 6.09. The Bertz CT molecular complexity index is 1890. The number of Topliss-reactive ketones (excluding diaryl/α,β-unsaturated/α-hetero) is 1. The SMILES string of the molecule is CC1(C)[C@H]2CC[C@]1(CS(=O)(=O)O)C(=O)C2.COC(=O)C(c1ccccc1Cl)N1CCc2sc(OC(=O)c3ccccc3OC(C)=O)cc2C1. The van der Waals surface area contributed by atoms with Crippen LogP contribution in [0.1, 0.15) is 72.4 Å². The molecular formula is C35H38ClNO10S2. The Morgan fingerprint density at radius 3 is 2.41 bits per heavy atom. The number of ether oxygens (including phenoxy) is 3. The maximum absolute atomic E-state index is 12.8. The van der Waals surface area contributed by atoms with E-state index >= 15 is 0 Å². The van der Waals surface area contributed by atoms with Crippen LogP contribution in [0.15, 0.2) is 54.6 Å². The summed E-state index contributed by atoms with van der Waals surface area (Å²) in [6.45, 7) is 6.24. The van der Waals surface area contributed by atoms with E-state index in [1.807, 2.05) is 36.9 Å². The number of methoxy groups -OCH3 is 1. The van der Waals surface area contributed by atoms with Crippen molar-refractivity contribution in [2.75, 3.05) is 19.4 Å². The largest absolute Gasteiger partial charge is 0.468 e. The molecule has 0 spiro atoms. The number of para-hydroxylation sites is 1. The number of benzene rings is 2. The molecule has 2 saturated carbocycles. The maximum Gasteiger partial charge on any atom is 0.348 e. The number of rotatable bonds is 8. The smallest absolute Gasteiger partial charge is 0.348 e. The predicted molar refractivity (Wildman–Crippen MR) is 182 cm³/mol. The van der Waals surface area contributed by atoms with Crippen LogP contribution >= 0.6 is 22.9 Å². The third-order valence-corrected chi connectivity index (χ3v) is 12.3. The van der Waals surface area contributed by atoms with Gasteiger partial charge in [-0.15, -0.1) is 11.3 Å². The summed E-state index contributed by atoms with van der Waals surface area (Å²) in [5.41, 5.74) is 0.692. The molecule has 262 valence electrons. The van der Waals surface area contributed by atoms with Gasteiger partial charge in [0.05, 0.1) is 18.3 Å². The summed E-state index contributed by atoms with van der Waals surface area (Å²) < 4.78 is 46.8. The highest BCUT2D eigenvalue weighted by Gasteiger charge is 2.65. The van der Waals surface area contributed by atoms with Gasteiger partial charge in [-0.1, -0.05) is 55.8 Å². The van der Waals surface area contributed by atoms with Crippen LogP contribution in [0.5, 0.6) is 10.8 Å². The van der Waals surface area contributed by atoms with Gasteiger partial charge in [-0.25, -0.2) is 9.59 Å². The second-order valence-electron chi connectivity index (χ2n) is 13.1. The van der Waals surface area contributed by atoms with Gasteiger partial charge < -0.3 is 14.2 Å². The monoisotopic (exact) mass is 731 g/mol. The molecule has 0 saturated heterocycles. The van der Waals surface area contributed by atoms with Gasteiger partial charge in [0.2, 0.25) is 0 Å². The number of carbonyl (C=O) groups is 4. The number of hydrogen-bond donors (Lipinski definition) is 1. The van der Waals surface area contributed by atoms with Gasteiger partial charge in [0.15, 0.2) is 5.06 Å². The van der Waals surface area contributed by atoms with E-state index in [2.05, 4.69) is 0 Å². The Kier molecular flexibility index (Phi) is 10.7. The molecule has 1 N–H and O–H groups in total. The number of halogens is 1. The molecule has 2 fully saturated rings. The van der Waals surface area contributed by atoms with Gasteiger partial charge in [-0.3, -0.25) is 19.0 Å². The van der Waals surface area contributed by atoms with E-state index in [4.69, 9.17) is 30.4 Å². The molecule has 3 aliphatic rings. The van der Waals surface area contributed by atoms with Gasteiger partial charge >= 0.3 is 17.9 Å². The zero-order chi connectivity index (χ0) is 35.7. The number of carbonyl (C=O) groups excluding carboxylic acids is 4. The molecule has 1 aliphatic heterocycles. The van der Waals surface area contributed by atoms with Crippen LogP contribution < -0.4 is 9.47 Å². The van der Waals surface area contributed by atoms with Crippen LogP contribution in [0.4, 0.5) is 0 Å². The van der Waals surface area contributed by atoms with E-state index in [-0.39, 0.29) is 34.4 Å². The van der Waals surface area contributed by atoms with Crippen molar-refractivity contribution in [1.82, 2.24) is 4.90 Å². The normalized spacial score (nSPS) is 21.6. The Labute approximate surface area is 294 Å². The number of fused-ring (bicyclic) bond motifs is 3.